The molecule has 0 heterocycles. The molecule has 3 aromatic carbocycles. The lowest BCUT2D eigenvalue weighted by molar-refractivity contribution is -0.122. The van der Waals surface area contributed by atoms with Crippen LogP contribution >= 0.6 is 0 Å². The van der Waals surface area contributed by atoms with Gasteiger partial charge in [-0.1, -0.05) is 72.8 Å². The van der Waals surface area contributed by atoms with Crippen LogP contribution in [-0.4, -0.2) is 31.5 Å². The first-order valence-electron chi connectivity index (χ1n) is 9.36. The van der Waals surface area contributed by atoms with Crippen LogP contribution in [0.3, 0.4) is 0 Å². The van der Waals surface area contributed by atoms with E-state index in [2.05, 4.69) is 5.32 Å². The Balaban J connectivity index is 1.66. The monoisotopic (exact) mass is 374 g/mol. The van der Waals surface area contributed by atoms with Gasteiger partial charge in [-0.05, 0) is 35.9 Å². The molecule has 0 atom stereocenters. The zero-order chi connectivity index (χ0) is 19.8. The molecule has 0 spiro atoms. The Kier molecular flexibility index (Phi) is 6.82. The molecular weight excluding hydrogens is 348 g/mol. The molecule has 0 saturated carbocycles. The molecule has 0 bridgehead atoms. The van der Waals surface area contributed by atoms with Gasteiger partial charge in [-0.3, -0.25) is 9.69 Å². The molecule has 0 aliphatic rings. The summed E-state index contributed by atoms with van der Waals surface area (Å²) >= 11 is 0. The van der Waals surface area contributed by atoms with Crippen molar-refractivity contribution in [3.63, 3.8) is 0 Å². The van der Waals surface area contributed by atoms with Gasteiger partial charge >= 0.3 is 0 Å². The van der Waals surface area contributed by atoms with E-state index in [1.165, 1.54) is 0 Å². The van der Waals surface area contributed by atoms with E-state index in [1.54, 1.807) is 7.11 Å². The number of carbonyl (C=O) groups excluding carboxylic acids is 1. The summed E-state index contributed by atoms with van der Waals surface area (Å²) in [5, 5.41) is 3.18. The lowest BCUT2D eigenvalue weighted by Crippen LogP contribution is -2.37. The average molecular weight is 374 g/mol. The van der Waals surface area contributed by atoms with Crippen molar-refractivity contribution in [2.75, 3.05) is 20.7 Å². The Morgan fingerprint density at radius 2 is 1.54 bits per heavy atom. The topological polar surface area (TPSA) is 41.6 Å². The fourth-order valence-corrected chi connectivity index (χ4v) is 3.24. The third-order valence-electron chi connectivity index (χ3n) is 4.57. The third-order valence-corrected chi connectivity index (χ3v) is 4.57. The quantitative estimate of drug-likeness (QED) is 0.647. The van der Waals surface area contributed by atoms with Crippen molar-refractivity contribution in [1.29, 1.82) is 0 Å². The van der Waals surface area contributed by atoms with E-state index in [1.807, 2.05) is 96.9 Å². The standard InChI is InChI=1S/C24H26N2O2/c1-26(17-19-10-9-15-22(16-19)28-2)18-23(27)25-24(20-11-5-3-6-12-20)21-13-7-4-8-14-21/h3-16,24H,17-18H2,1-2H3,(H,25,27). The summed E-state index contributed by atoms with van der Waals surface area (Å²) in [4.78, 5) is 14.7. The predicted octanol–water partition coefficient (Wildman–Crippen LogP) is 4.03. The Morgan fingerprint density at radius 1 is 0.929 bits per heavy atom. The molecule has 0 unspecified atom stereocenters. The molecule has 0 radical (unpaired) electrons. The number of nitrogens with one attached hydrogen (secondary N) is 1. The van der Waals surface area contributed by atoms with Crippen LogP contribution in [0.1, 0.15) is 22.7 Å². The van der Waals surface area contributed by atoms with Crippen LogP contribution in [-0.2, 0) is 11.3 Å². The number of rotatable bonds is 8. The van der Waals surface area contributed by atoms with Gasteiger partial charge in [-0.25, -0.2) is 0 Å². The number of likely N-dealkylation sites (N-methyl/N-ethyl adjacent to an activating group) is 1. The zero-order valence-electron chi connectivity index (χ0n) is 16.3. The summed E-state index contributed by atoms with van der Waals surface area (Å²) in [5.41, 5.74) is 3.24. The lowest BCUT2D eigenvalue weighted by Gasteiger charge is -2.22. The molecule has 0 aliphatic carbocycles. The fraction of sp³-hybridized carbons (Fsp3) is 0.208. The highest BCUT2D eigenvalue weighted by atomic mass is 16.5. The number of methoxy groups -OCH3 is 1. The van der Waals surface area contributed by atoms with Crippen LogP contribution in [0.25, 0.3) is 0 Å². The van der Waals surface area contributed by atoms with Gasteiger partial charge in [0.25, 0.3) is 0 Å². The van der Waals surface area contributed by atoms with Gasteiger partial charge in [-0.2, -0.15) is 0 Å². The molecule has 144 valence electrons. The molecule has 4 heteroatoms. The molecule has 1 amide bonds. The Hall–Kier alpha value is -3.11. The van der Waals surface area contributed by atoms with Gasteiger partial charge in [0.1, 0.15) is 5.75 Å². The Morgan fingerprint density at radius 3 is 2.11 bits per heavy atom. The summed E-state index contributed by atoms with van der Waals surface area (Å²) in [6.45, 7) is 0.985. The average Bonchev–Trinajstić information content (AvgIpc) is 2.73. The van der Waals surface area contributed by atoms with E-state index >= 15 is 0 Å². The first-order valence-corrected chi connectivity index (χ1v) is 9.36. The number of hydrogen-bond acceptors (Lipinski definition) is 3. The van der Waals surface area contributed by atoms with Gasteiger partial charge in [0, 0.05) is 6.54 Å². The van der Waals surface area contributed by atoms with Crippen molar-refractivity contribution in [3.8, 4) is 5.75 Å². The molecule has 0 saturated heterocycles. The van der Waals surface area contributed by atoms with Crippen LogP contribution in [0, 0.1) is 0 Å². The normalized spacial score (nSPS) is 10.9. The van der Waals surface area contributed by atoms with Crippen molar-refractivity contribution >= 4 is 5.91 Å². The minimum absolute atomic E-state index is 0.0110. The number of carbonyl (C=O) groups is 1. The smallest absolute Gasteiger partial charge is 0.234 e. The molecule has 3 aromatic rings. The van der Waals surface area contributed by atoms with Gasteiger partial charge in [-0.15, -0.1) is 0 Å². The molecule has 0 aromatic heterocycles. The van der Waals surface area contributed by atoms with Gasteiger partial charge in [0.05, 0.1) is 19.7 Å². The largest absolute Gasteiger partial charge is 0.497 e. The number of ether oxygens (including phenoxy) is 1. The summed E-state index contributed by atoms with van der Waals surface area (Å²) in [6, 6.07) is 27.8. The highest BCUT2D eigenvalue weighted by molar-refractivity contribution is 5.79. The van der Waals surface area contributed by atoms with Gasteiger partial charge < -0.3 is 10.1 Å². The molecule has 1 N–H and O–H groups in total. The zero-order valence-corrected chi connectivity index (χ0v) is 16.3. The third kappa shape index (κ3) is 5.44. The molecule has 0 aliphatic heterocycles. The van der Waals surface area contributed by atoms with Crippen LogP contribution in [0.4, 0.5) is 0 Å². The highest BCUT2D eigenvalue weighted by Gasteiger charge is 2.17. The summed E-state index contributed by atoms with van der Waals surface area (Å²) in [5.74, 6) is 0.812. The second-order valence-corrected chi connectivity index (χ2v) is 6.85. The molecule has 0 fully saturated rings. The number of hydrogen-bond donors (Lipinski definition) is 1. The number of nitrogens with zero attached hydrogens (tertiary/aromatic N) is 1. The van der Waals surface area contributed by atoms with Crippen molar-refractivity contribution in [3.05, 3.63) is 102 Å². The van der Waals surface area contributed by atoms with E-state index in [4.69, 9.17) is 4.74 Å². The highest BCUT2D eigenvalue weighted by Crippen LogP contribution is 2.21. The maximum atomic E-state index is 12.7. The van der Waals surface area contributed by atoms with Crippen LogP contribution in [0.5, 0.6) is 5.75 Å². The maximum Gasteiger partial charge on any atom is 0.234 e. The van der Waals surface area contributed by atoms with E-state index < -0.39 is 0 Å². The van der Waals surface area contributed by atoms with E-state index in [9.17, 15) is 4.79 Å². The SMILES string of the molecule is COc1cccc(CN(C)CC(=O)NC(c2ccccc2)c2ccccc2)c1. The lowest BCUT2D eigenvalue weighted by atomic mass is 9.99. The van der Waals surface area contributed by atoms with Gasteiger partial charge in [0.2, 0.25) is 5.91 Å². The summed E-state index contributed by atoms with van der Waals surface area (Å²) < 4.78 is 5.27. The maximum absolute atomic E-state index is 12.7. The van der Waals surface area contributed by atoms with E-state index in [0.717, 1.165) is 22.4 Å². The van der Waals surface area contributed by atoms with Crippen LogP contribution < -0.4 is 10.1 Å². The minimum atomic E-state index is -0.167. The molecule has 4 nitrogen and oxygen atoms in total. The van der Waals surface area contributed by atoms with Crippen molar-refractivity contribution in [2.24, 2.45) is 0 Å². The Labute approximate surface area is 166 Å². The number of amides is 1. The fourth-order valence-electron chi connectivity index (χ4n) is 3.24. The second kappa shape index (κ2) is 9.72. The van der Waals surface area contributed by atoms with Crippen LogP contribution in [0.2, 0.25) is 0 Å². The Bertz CT molecular complexity index is 842. The summed E-state index contributed by atoms with van der Waals surface area (Å²) in [6.07, 6.45) is 0. The van der Waals surface area contributed by atoms with E-state index in [0.29, 0.717) is 13.1 Å². The minimum Gasteiger partial charge on any atom is -0.497 e. The second-order valence-electron chi connectivity index (χ2n) is 6.85. The van der Waals surface area contributed by atoms with Crippen molar-refractivity contribution < 1.29 is 9.53 Å². The first-order chi connectivity index (χ1) is 13.7. The van der Waals surface area contributed by atoms with E-state index in [-0.39, 0.29) is 11.9 Å². The van der Waals surface area contributed by atoms with Gasteiger partial charge in [0.15, 0.2) is 0 Å². The van der Waals surface area contributed by atoms with Crippen LogP contribution in [0.15, 0.2) is 84.9 Å². The van der Waals surface area contributed by atoms with Crippen molar-refractivity contribution in [2.45, 2.75) is 12.6 Å². The molecular formula is C24H26N2O2. The first kappa shape index (κ1) is 19.6. The number of benzene rings is 3. The van der Waals surface area contributed by atoms with Crippen molar-refractivity contribution in [1.82, 2.24) is 10.2 Å². The molecule has 3 rings (SSSR count). The predicted molar refractivity (Wildman–Crippen MR) is 112 cm³/mol. The molecule has 28 heavy (non-hydrogen) atoms. The summed E-state index contributed by atoms with van der Waals surface area (Å²) in [7, 11) is 3.60.